The molecule has 2 saturated heterocycles. The molecule has 4 heterocycles. The lowest BCUT2D eigenvalue weighted by Gasteiger charge is -2.30. The third-order valence-electron chi connectivity index (χ3n) is 4.69. The number of hydrogen-bond acceptors (Lipinski definition) is 4. The van der Waals surface area contributed by atoms with Crippen LogP contribution in [0.5, 0.6) is 0 Å². The van der Waals surface area contributed by atoms with Crippen molar-refractivity contribution in [3.8, 4) is 0 Å². The van der Waals surface area contributed by atoms with E-state index in [0.29, 0.717) is 5.69 Å². The summed E-state index contributed by atoms with van der Waals surface area (Å²) >= 11 is 0. The van der Waals surface area contributed by atoms with Crippen molar-refractivity contribution in [1.29, 1.82) is 0 Å². The van der Waals surface area contributed by atoms with E-state index in [0.717, 1.165) is 35.4 Å². The summed E-state index contributed by atoms with van der Waals surface area (Å²) in [5.41, 5.74) is 2.20. The number of amides is 1. The first-order valence-electron chi connectivity index (χ1n) is 7.56. The Morgan fingerprint density at radius 3 is 3.24 bits per heavy atom. The van der Waals surface area contributed by atoms with Gasteiger partial charge in [-0.1, -0.05) is 0 Å². The summed E-state index contributed by atoms with van der Waals surface area (Å²) in [4.78, 5) is 19.1. The molecule has 4 rings (SSSR count). The van der Waals surface area contributed by atoms with Crippen molar-refractivity contribution < 1.29 is 9.21 Å². The third-order valence-corrected chi connectivity index (χ3v) is 4.69. The molecule has 2 fully saturated rings. The molecular formula is C16H19N3O2. The molecule has 2 aliphatic heterocycles. The molecule has 0 spiro atoms. The predicted molar refractivity (Wildman–Crippen MR) is 79.2 cm³/mol. The highest BCUT2D eigenvalue weighted by atomic mass is 16.3. The maximum Gasteiger partial charge on any atom is 0.270 e. The van der Waals surface area contributed by atoms with Gasteiger partial charge in [0.05, 0.1) is 6.26 Å². The lowest BCUT2D eigenvalue weighted by Crippen LogP contribution is -2.47. The van der Waals surface area contributed by atoms with Gasteiger partial charge < -0.3 is 14.6 Å². The van der Waals surface area contributed by atoms with Crippen LogP contribution in [0.3, 0.4) is 0 Å². The number of carbonyl (C=O) groups is 1. The number of hydrogen-bond donors (Lipinski definition) is 1. The number of aromatic nitrogens is 1. The van der Waals surface area contributed by atoms with Crippen molar-refractivity contribution in [1.82, 2.24) is 15.2 Å². The van der Waals surface area contributed by atoms with Gasteiger partial charge in [0.15, 0.2) is 0 Å². The molecule has 5 nitrogen and oxygen atoms in total. The van der Waals surface area contributed by atoms with Crippen molar-refractivity contribution in [3.05, 3.63) is 29.8 Å². The van der Waals surface area contributed by atoms with Crippen LogP contribution in [-0.2, 0) is 0 Å². The van der Waals surface area contributed by atoms with Gasteiger partial charge in [0.2, 0.25) is 0 Å². The predicted octanol–water partition coefficient (Wildman–Crippen LogP) is 1.96. The van der Waals surface area contributed by atoms with Gasteiger partial charge in [-0.3, -0.25) is 9.78 Å². The summed E-state index contributed by atoms with van der Waals surface area (Å²) in [6.07, 6.45) is 5.77. The maximum atomic E-state index is 12.4. The van der Waals surface area contributed by atoms with E-state index in [2.05, 4.69) is 15.2 Å². The van der Waals surface area contributed by atoms with Crippen LogP contribution in [0.4, 0.5) is 0 Å². The molecule has 2 aliphatic rings. The van der Waals surface area contributed by atoms with Crippen LogP contribution >= 0.6 is 0 Å². The molecule has 0 aromatic carbocycles. The zero-order chi connectivity index (χ0) is 14.4. The van der Waals surface area contributed by atoms with E-state index in [4.69, 9.17) is 4.42 Å². The first-order chi connectivity index (χ1) is 10.2. The Bertz CT molecular complexity index is 682. The number of aryl methyl sites for hydroxylation is 1. The van der Waals surface area contributed by atoms with Crippen molar-refractivity contribution in [2.45, 2.75) is 25.8 Å². The van der Waals surface area contributed by atoms with E-state index < -0.39 is 0 Å². The number of furan rings is 1. The van der Waals surface area contributed by atoms with Gasteiger partial charge in [0.25, 0.3) is 5.91 Å². The summed E-state index contributed by atoms with van der Waals surface area (Å²) in [5, 5.41) is 4.09. The average molecular weight is 285 g/mol. The third kappa shape index (κ3) is 2.31. The second-order valence-corrected chi connectivity index (χ2v) is 6.30. The fourth-order valence-electron chi connectivity index (χ4n) is 3.59. The molecule has 0 radical (unpaired) electrons. The average Bonchev–Trinajstić information content (AvgIpc) is 3.02. The van der Waals surface area contributed by atoms with Crippen LogP contribution in [0.25, 0.3) is 11.0 Å². The standard InChI is InChI=1S/C16H19N3O2/c1-10-9-21-15-5-14(17-6-13(10)15)16(20)18-12-4-11-2-3-19(7-11)8-12/h5-6,9,11-12H,2-4,7-8H2,1H3,(H,18,20)/t11-,12+/m0/s1. The van der Waals surface area contributed by atoms with E-state index in [1.165, 1.54) is 19.5 Å². The van der Waals surface area contributed by atoms with E-state index >= 15 is 0 Å². The first kappa shape index (κ1) is 12.8. The summed E-state index contributed by atoms with van der Waals surface area (Å²) in [6, 6.07) is 1.98. The molecule has 2 aromatic rings. The minimum absolute atomic E-state index is 0.0987. The van der Waals surface area contributed by atoms with Crippen molar-refractivity contribution in [3.63, 3.8) is 0 Å². The van der Waals surface area contributed by atoms with Crippen molar-refractivity contribution in [2.75, 3.05) is 19.6 Å². The minimum atomic E-state index is -0.0987. The van der Waals surface area contributed by atoms with Crippen LogP contribution < -0.4 is 5.32 Å². The molecule has 110 valence electrons. The van der Waals surface area contributed by atoms with Gasteiger partial charge in [-0.15, -0.1) is 0 Å². The maximum absolute atomic E-state index is 12.4. The van der Waals surface area contributed by atoms with Crippen LogP contribution in [0.15, 0.2) is 22.9 Å². The lowest BCUT2D eigenvalue weighted by molar-refractivity contribution is 0.0904. The highest BCUT2D eigenvalue weighted by Crippen LogP contribution is 2.27. The molecule has 21 heavy (non-hydrogen) atoms. The van der Waals surface area contributed by atoms with E-state index in [1.54, 1.807) is 18.5 Å². The van der Waals surface area contributed by atoms with Crippen LogP contribution in [0.1, 0.15) is 28.9 Å². The number of nitrogens with one attached hydrogen (secondary N) is 1. The molecule has 2 bridgehead atoms. The Balaban J connectivity index is 1.50. The quantitative estimate of drug-likeness (QED) is 0.916. The zero-order valence-electron chi connectivity index (χ0n) is 12.1. The second kappa shape index (κ2) is 4.84. The number of piperidine rings is 1. The van der Waals surface area contributed by atoms with Gasteiger partial charge in [0, 0.05) is 36.8 Å². The molecule has 3 atom stereocenters. The zero-order valence-corrected chi connectivity index (χ0v) is 12.1. The number of fused-ring (bicyclic) bond motifs is 3. The minimum Gasteiger partial charge on any atom is -0.464 e. The Hall–Kier alpha value is -1.88. The molecular weight excluding hydrogens is 266 g/mol. The molecule has 1 amide bonds. The Morgan fingerprint density at radius 1 is 1.48 bits per heavy atom. The number of nitrogens with zero attached hydrogens (tertiary/aromatic N) is 2. The molecule has 0 aliphatic carbocycles. The first-order valence-corrected chi connectivity index (χ1v) is 7.56. The molecule has 0 saturated carbocycles. The van der Waals surface area contributed by atoms with Crippen LogP contribution in [0, 0.1) is 12.8 Å². The molecule has 2 aromatic heterocycles. The molecule has 1 unspecified atom stereocenters. The smallest absolute Gasteiger partial charge is 0.270 e. The van der Waals surface area contributed by atoms with Gasteiger partial charge in [0.1, 0.15) is 11.3 Å². The van der Waals surface area contributed by atoms with Gasteiger partial charge in [-0.25, -0.2) is 0 Å². The SMILES string of the molecule is Cc1coc2cc(C(=O)N[C@@H]3C[C@@H]4CCN(C4)C3)ncc12. The summed E-state index contributed by atoms with van der Waals surface area (Å²) in [6.45, 7) is 5.30. The van der Waals surface area contributed by atoms with Crippen molar-refractivity contribution in [2.24, 2.45) is 5.92 Å². The summed E-state index contributed by atoms with van der Waals surface area (Å²) in [5.74, 6) is 0.644. The molecule has 5 heteroatoms. The number of pyridine rings is 1. The Kier molecular flexibility index (Phi) is 2.96. The van der Waals surface area contributed by atoms with Gasteiger partial charge in [-0.05, 0) is 37.8 Å². The topological polar surface area (TPSA) is 58.4 Å². The van der Waals surface area contributed by atoms with E-state index in [9.17, 15) is 4.79 Å². The highest BCUT2D eigenvalue weighted by Gasteiger charge is 2.33. The Morgan fingerprint density at radius 2 is 2.38 bits per heavy atom. The monoisotopic (exact) mass is 285 g/mol. The highest BCUT2D eigenvalue weighted by molar-refractivity contribution is 5.95. The summed E-state index contributed by atoms with van der Waals surface area (Å²) in [7, 11) is 0. The second-order valence-electron chi connectivity index (χ2n) is 6.30. The largest absolute Gasteiger partial charge is 0.464 e. The van der Waals surface area contributed by atoms with Gasteiger partial charge in [-0.2, -0.15) is 0 Å². The molecule has 1 N–H and O–H groups in total. The summed E-state index contributed by atoms with van der Waals surface area (Å²) < 4.78 is 5.45. The van der Waals surface area contributed by atoms with Crippen molar-refractivity contribution >= 4 is 16.9 Å². The number of carbonyl (C=O) groups excluding carboxylic acids is 1. The fourth-order valence-corrected chi connectivity index (χ4v) is 3.59. The number of rotatable bonds is 2. The Labute approximate surface area is 123 Å². The lowest BCUT2D eigenvalue weighted by atomic mass is 9.97. The van der Waals surface area contributed by atoms with Crippen LogP contribution in [0.2, 0.25) is 0 Å². The van der Waals surface area contributed by atoms with E-state index in [1.807, 2.05) is 6.92 Å². The van der Waals surface area contributed by atoms with E-state index in [-0.39, 0.29) is 11.9 Å². The normalized spacial score (nSPS) is 28.0. The fraction of sp³-hybridized carbons (Fsp3) is 0.500. The van der Waals surface area contributed by atoms with Gasteiger partial charge >= 0.3 is 0 Å². The van der Waals surface area contributed by atoms with Crippen LogP contribution in [-0.4, -0.2) is 41.5 Å².